The third-order valence-corrected chi connectivity index (χ3v) is 5.76. The minimum atomic E-state index is -5.34. The summed E-state index contributed by atoms with van der Waals surface area (Å²) >= 11 is 0. The quantitative estimate of drug-likeness (QED) is 0.518. The van der Waals surface area contributed by atoms with Gasteiger partial charge >= 0.3 is 6.18 Å². The summed E-state index contributed by atoms with van der Waals surface area (Å²) in [5.74, 6) is -2.38. The molecular weight excluding hydrogens is 456 g/mol. The Morgan fingerprint density at radius 2 is 1.91 bits per heavy atom. The van der Waals surface area contributed by atoms with E-state index in [-0.39, 0.29) is 11.3 Å². The highest BCUT2D eigenvalue weighted by molar-refractivity contribution is 6.03. The number of nitrogens with one attached hydrogen (secondary N) is 1. The van der Waals surface area contributed by atoms with Crippen molar-refractivity contribution >= 4 is 23.4 Å². The predicted octanol–water partition coefficient (Wildman–Crippen LogP) is 4.81. The molecule has 6 nitrogen and oxygen atoms in total. The molecule has 34 heavy (non-hydrogen) atoms. The highest BCUT2D eigenvalue weighted by Gasteiger charge is 2.61. The van der Waals surface area contributed by atoms with Crippen molar-refractivity contribution in [2.75, 3.05) is 5.32 Å². The Hall–Kier alpha value is -3.24. The zero-order valence-corrected chi connectivity index (χ0v) is 18.7. The summed E-state index contributed by atoms with van der Waals surface area (Å²) in [6.45, 7) is 7.90. The van der Waals surface area contributed by atoms with Gasteiger partial charge in [0.15, 0.2) is 0 Å². The number of benzene rings is 2. The number of rotatable bonds is 6. The van der Waals surface area contributed by atoms with Gasteiger partial charge in [-0.15, -0.1) is 0 Å². The first-order chi connectivity index (χ1) is 15.7. The van der Waals surface area contributed by atoms with Gasteiger partial charge in [0.05, 0.1) is 5.71 Å². The van der Waals surface area contributed by atoms with Crippen LogP contribution in [0.2, 0.25) is 0 Å². The summed E-state index contributed by atoms with van der Waals surface area (Å²) in [6, 6.07) is 7.52. The molecule has 1 aliphatic heterocycles. The Kier molecular flexibility index (Phi) is 6.60. The molecule has 0 saturated carbocycles. The van der Waals surface area contributed by atoms with E-state index in [1.54, 1.807) is 6.92 Å². The maximum atomic E-state index is 14.1. The number of anilines is 1. The van der Waals surface area contributed by atoms with E-state index in [9.17, 15) is 32.6 Å². The van der Waals surface area contributed by atoms with E-state index in [0.29, 0.717) is 22.4 Å². The van der Waals surface area contributed by atoms with Crippen LogP contribution in [0.4, 0.5) is 23.2 Å². The van der Waals surface area contributed by atoms with Gasteiger partial charge in [-0.3, -0.25) is 4.79 Å². The maximum absolute atomic E-state index is 14.1. The second-order valence-corrected chi connectivity index (χ2v) is 8.75. The lowest BCUT2D eigenvalue weighted by atomic mass is 9.73. The first-order valence-electron chi connectivity index (χ1n) is 10.3. The zero-order chi connectivity index (χ0) is 25.5. The molecule has 0 bridgehead atoms. The van der Waals surface area contributed by atoms with Crippen LogP contribution in [0.25, 0.3) is 6.08 Å². The summed E-state index contributed by atoms with van der Waals surface area (Å²) in [5, 5.41) is 26.3. The van der Waals surface area contributed by atoms with Crippen LogP contribution in [0.15, 0.2) is 48.1 Å². The number of nitrogens with zero attached hydrogens (tertiary/aromatic N) is 1. The number of aliphatic hydroxyl groups excluding tert-OH is 1. The number of aliphatic hydroxyl groups is 2. The minimum Gasteiger partial charge on any atom is -0.373 e. The largest absolute Gasteiger partial charge is 0.426 e. The fourth-order valence-corrected chi connectivity index (χ4v) is 3.97. The molecule has 1 amide bonds. The van der Waals surface area contributed by atoms with Gasteiger partial charge in [0.2, 0.25) is 5.60 Å². The van der Waals surface area contributed by atoms with E-state index >= 15 is 0 Å². The number of halogens is 4. The molecule has 0 fully saturated rings. The summed E-state index contributed by atoms with van der Waals surface area (Å²) in [7, 11) is 0. The summed E-state index contributed by atoms with van der Waals surface area (Å²) in [5.41, 5.74) is -3.77. The molecule has 0 spiro atoms. The lowest BCUT2D eigenvalue weighted by Gasteiger charge is -2.37. The van der Waals surface area contributed by atoms with Crippen molar-refractivity contribution < 1.29 is 37.4 Å². The SMILES string of the molecule is C=Cc1ccc(F)cc1C(C)(C)CC(O)(C(=O)Nc1ccc2c(c1)C(C)=NOC2O)C(F)(F)F. The standard InChI is InChI=1S/C24H24F4N2O4/c1-5-14-6-7-15(25)10-19(14)22(3,4)12-23(33,24(26,27)28)21(32)29-16-8-9-17-18(11-16)13(2)30-34-20(17)31/h5-11,20,31,33H,1,12H2,2-4H3,(H,29,32). The van der Waals surface area contributed by atoms with E-state index in [1.165, 1.54) is 44.2 Å². The van der Waals surface area contributed by atoms with Crippen molar-refractivity contribution in [1.29, 1.82) is 0 Å². The molecule has 2 atom stereocenters. The van der Waals surface area contributed by atoms with Crippen LogP contribution < -0.4 is 5.32 Å². The predicted molar refractivity (Wildman–Crippen MR) is 118 cm³/mol. The van der Waals surface area contributed by atoms with E-state index in [4.69, 9.17) is 4.84 Å². The number of amides is 1. The molecule has 3 N–H and O–H groups in total. The van der Waals surface area contributed by atoms with E-state index < -0.39 is 41.6 Å². The molecule has 1 aliphatic rings. The van der Waals surface area contributed by atoms with Crippen LogP contribution in [0, 0.1) is 5.82 Å². The molecule has 10 heteroatoms. The number of carbonyl (C=O) groups excluding carboxylic acids is 1. The van der Waals surface area contributed by atoms with Crippen LogP contribution in [0.3, 0.4) is 0 Å². The van der Waals surface area contributed by atoms with Crippen LogP contribution in [0.1, 0.15) is 55.7 Å². The molecule has 2 unspecified atom stereocenters. The number of carbonyl (C=O) groups is 1. The fraction of sp³-hybridized carbons (Fsp3) is 0.333. The molecule has 0 aliphatic carbocycles. The molecule has 182 valence electrons. The van der Waals surface area contributed by atoms with E-state index in [2.05, 4.69) is 17.1 Å². The third kappa shape index (κ3) is 4.69. The molecule has 0 aromatic heterocycles. The van der Waals surface area contributed by atoms with Crippen molar-refractivity contribution in [3.8, 4) is 0 Å². The van der Waals surface area contributed by atoms with Gasteiger partial charge in [0.1, 0.15) is 5.82 Å². The molecular formula is C24H24F4N2O4. The number of alkyl halides is 3. The summed E-state index contributed by atoms with van der Waals surface area (Å²) in [4.78, 5) is 17.6. The van der Waals surface area contributed by atoms with Gasteiger partial charge in [-0.05, 0) is 53.8 Å². The molecule has 1 heterocycles. The van der Waals surface area contributed by atoms with Crippen molar-refractivity contribution in [2.45, 2.75) is 50.7 Å². The van der Waals surface area contributed by atoms with Crippen LogP contribution in [0.5, 0.6) is 0 Å². The average Bonchev–Trinajstić information content (AvgIpc) is 2.75. The molecule has 0 radical (unpaired) electrons. The van der Waals surface area contributed by atoms with Gasteiger partial charge in [-0.25, -0.2) is 4.39 Å². The Labute approximate surface area is 193 Å². The minimum absolute atomic E-state index is 0.0505. The van der Waals surface area contributed by atoms with Gasteiger partial charge in [0.25, 0.3) is 12.2 Å². The van der Waals surface area contributed by atoms with Crippen molar-refractivity contribution in [2.24, 2.45) is 5.16 Å². The van der Waals surface area contributed by atoms with Gasteiger partial charge in [-0.2, -0.15) is 13.2 Å². The highest BCUT2D eigenvalue weighted by Crippen LogP contribution is 2.43. The Morgan fingerprint density at radius 1 is 1.24 bits per heavy atom. The van der Waals surface area contributed by atoms with E-state index in [1.807, 2.05) is 0 Å². The Morgan fingerprint density at radius 3 is 2.53 bits per heavy atom. The highest BCUT2D eigenvalue weighted by atomic mass is 19.4. The Balaban J connectivity index is 1.97. The van der Waals surface area contributed by atoms with Crippen molar-refractivity contribution in [1.82, 2.24) is 0 Å². The van der Waals surface area contributed by atoms with Crippen molar-refractivity contribution in [3.63, 3.8) is 0 Å². The number of oxime groups is 1. The van der Waals surface area contributed by atoms with Crippen LogP contribution >= 0.6 is 0 Å². The number of fused-ring (bicyclic) bond motifs is 1. The second kappa shape index (κ2) is 8.84. The number of hydrogen-bond donors (Lipinski definition) is 3. The first-order valence-corrected chi connectivity index (χ1v) is 10.3. The third-order valence-electron chi connectivity index (χ3n) is 5.76. The number of hydrogen-bond acceptors (Lipinski definition) is 5. The van der Waals surface area contributed by atoms with Crippen LogP contribution in [-0.4, -0.2) is 33.6 Å². The molecule has 2 aromatic rings. The summed E-state index contributed by atoms with van der Waals surface area (Å²) < 4.78 is 56.1. The van der Waals surface area contributed by atoms with Crippen LogP contribution in [-0.2, 0) is 15.0 Å². The van der Waals surface area contributed by atoms with Gasteiger partial charge in [0, 0.05) is 23.2 Å². The molecule has 2 aromatic carbocycles. The van der Waals surface area contributed by atoms with Gasteiger partial charge < -0.3 is 20.4 Å². The Bertz CT molecular complexity index is 1160. The lowest BCUT2D eigenvalue weighted by Crippen LogP contribution is -2.57. The topological polar surface area (TPSA) is 91.2 Å². The maximum Gasteiger partial charge on any atom is 0.426 e. The summed E-state index contributed by atoms with van der Waals surface area (Å²) in [6.07, 6.45) is -6.43. The smallest absolute Gasteiger partial charge is 0.373 e. The normalized spacial score (nSPS) is 17.7. The molecule has 0 saturated heterocycles. The second-order valence-electron chi connectivity index (χ2n) is 8.75. The van der Waals surface area contributed by atoms with E-state index in [0.717, 1.165) is 12.1 Å². The zero-order valence-electron chi connectivity index (χ0n) is 18.7. The fourth-order valence-electron chi connectivity index (χ4n) is 3.97. The lowest BCUT2D eigenvalue weighted by molar-refractivity contribution is -0.254. The first kappa shape index (κ1) is 25.4. The molecule has 3 rings (SSSR count). The monoisotopic (exact) mass is 480 g/mol. The van der Waals surface area contributed by atoms with Crippen molar-refractivity contribution in [3.05, 3.63) is 71.0 Å². The average molecular weight is 480 g/mol. The van der Waals surface area contributed by atoms with Gasteiger partial charge in [-0.1, -0.05) is 37.7 Å².